The Morgan fingerprint density at radius 1 is 1.28 bits per heavy atom. The number of hydrogen-bond donors (Lipinski definition) is 1. The number of benzene rings is 1. The van der Waals surface area contributed by atoms with Crippen LogP contribution >= 0.6 is 23.2 Å². The molecule has 0 bridgehead atoms. The Bertz CT molecular complexity index is 455. The molecule has 1 fully saturated rings. The van der Waals surface area contributed by atoms with E-state index in [9.17, 15) is 13.2 Å². The third-order valence-corrected chi connectivity index (χ3v) is 4.07. The summed E-state index contributed by atoms with van der Waals surface area (Å²) in [4.78, 5) is 0. The molecule has 0 aliphatic heterocycles. The van der Waals surface area contributed by atoms with E-state index in [4.69, 9.17) is 23.2 Å². The second-order valence-electron chi connectivity index (χ2n) is 4.59. The van der Waals surface area contributed by atoms with Crippen LogP contribution in [0.5, 0.6) is 0 Å². The van der Waals surface area contributed by atoms with E-state index in [1.807, 2.05) is 0 Å². The van der Waals surface area contributed by atoms with Gasteiger partial charge in [0.2, 0.25) is 0 Å². The molecule has 1 aliphatic carbocycles. The van der Waals surface area contributed by atoms with Crippen molar-refractivity contribution in [2.24, 2.45) is 0 Å². The molecular formula is C12H12Cl2F3N. The van der Waals surface area contributed by atoms with Crippen molar-refractivity contribution in [3.05, 3.63) is 33.8 Å². The number of rotatable bonds is 3. The van der Waals surface area contributed by atoms with Crippen LogP contribution in [0.25, 0.3) is 0 Å². The van der Waals surface area contributed by atoms with E-state index in [1.54, 1.807) is 25.1 Å². The molecule has 1 atom stereocenters. The molecule has 1 N–H and O–H groups in total. The Kier molecular flexibility index (Phi) is 3.56. The van der Waals surface area contributed by atoms with Crippen LogP contribution in [0.3, 0.4) is 0 Å². The predicted molar refractivity (Wildman–Crippen MR) is 66.0 cm³/mol. The van der Waals surface area contributed by atoms with Gasteiger partial charge in [-0.2, -0.15) is 13.2 Å². The molecule has 0 saturated heterocycles. The van der Waals surface area contributed by atoms with Crippen molar-refractivity contribution >= 4 is 23.2 Å². The molecule has 0 aromatic heterocycles. The first-order valence-corrected chi connectivity index (χ1v) is 6.31. The average Bonchev–Trinajstić information content (AvgIpc) is 3.02. The van der Waals surface area contributed by atoms with Crippen molar-refractivity contribution < 1.29 is 13.2 Å². The highest BCUT2D eigenvalue weighted by Crippen LogP contribution is 2.50. The first-order chi connectivity index (χ1) is 8.27. The third kappa shape index (κ3) is 2.46. The molecule has 6 heteroatoms. The van der Waals surface area contributed by atoms with Crippen molar-refractivity contribution in [1.29, 1.82) is 0 Å². The van der Waals surface area contributed by atoms with E-state index in [2.05, 4.69) is 5.32 Å². The molecular weight excluding hydrogens is 286 g/mol. The van der Waals surface area contributed by atoms with Gasteiger partial charge in [-0.25, -0.2) is 0 Å². The van der Waals surface area contributed by atoms with E-state index >= 15 is 0 Å². The highest BCUT2D eigenvalue weighted by molar-refractivity contribution is 6.42. The van der Waals surface area contributed by atoms with Gasteiger partial charge in [0, 0.05) is 6.04 Å². The zero-order valence-electron chi connectivity index (χ0n) is 9.61. The van der Waals surface area contributed by atoms with Gasteiger partial charge in [-0.05, 0) is 31.4 Å². The maximum Gasteiger partial charge on any atom is 0.406 e. The van der Waals surface area contributed by atoms with Gasteiger partial charge in [-0.1, -0.05) is 35.3 Å². The molecule has 0 radical (unpaired) electrons. The van der Waals surface area contributed by atoms with Crippen LogP contribution in [0.2, 0.25) is 10.0 Å². The van der Waals surface area contributed by atoms with Gasteiger partial charge in [0.05, 0.1) is 10.0 Å². The minimum atomic E-state index is -4.23. The quantitative estimate of drug-likeness (QED) is 0.850. The van der Waals surface area contributed by atoms with Crippen LogP contribution in [-0.2, 0) is 0 Å². The number of alkyl halides is 3. The first-order valence-electron chi connectivity index (χ1n) is 5.55. The highest BCUT2D eigenvalue weighted by Gasteiger charge is 2.63. The lowest BCUT2D eigenvalue weighted by Crippen LogP contribution is -2.45. The van der Waals surface area contributed by atoms with Crippen LogP contribution < -0.4 is 5.32 Å². The number of halogens is 5. The van der Waals surface area contributed by atoms with Gasteiger partial charge in [0.15, 0.2) is 0 Å². The lowest BCUT2D eigenvalue weighted by Gasteiger charge is -2.26. The molecule has 1 aromatic carbocycles. The van der Waals surface area contributed by atoms with Crippen LogP contribution in [0.15, 0.2) is 18.2 Å². The molecule has 0 heterocycles. The van der Waals surface area contributed by atoms with Crippen molar-refractivity contribution in [2.75, 3.05) is 0 Å². The standard InChI is InChI=1S/C12H12Cl2F3N/c1-7(8-3-2-4-9(13)10(8)14)18-11(5-6-11)12(15,16)17/h2-4,7,18H,5-6H2,1H3. The maximum atomic E-state index is 12.8. The van der Waals surface area contributed by atoms with Crippen LogP contribution in [-0.4, -0.2) is 11.7 Å². The summed E-state index contributed by atoms with van der Waals surface area (Å²) >= 11 is 11.9. The number of nitrogens with one attached hydrogen (secondary N) is 1. The van der Waals surface area contributed by atoms with Gasteiger partial charge < -0.3 is 0 Å². The third-order valence-electron chi connectivity index (χ3n) is 3.23. The Balaban J connectivity index is 2.18. The highest BCUT2D eigenvalue weighted by atomic mass is 35.5. The molecule has 1 aromatic rings. The summed E-state index contributed by atoms with van der Waals surface area (Å²) in [6.07, 6.45) is -4.01. The van der Waals surface area contributed by atoms with Gasteiger partial charge in [-0.15, -0.1) is 0 Å². The van der Waals surface area contributed by atoms with E-state index < -0.39 is 17.8 Å². The topological polar surface area (TPSA) is 12.0 Å². The lowest BCUT2D eigenvalue weighted by molar-refractivity contribution is -0.167. The van der Waals surface area contributed by atoms with Crippen molar-refractivity contribution in [3.63, 3.8) is 0 Å². The van der Waals surface area contributed by atoms with Crippen LogP contribution in [0, 0.1) is 0 Å². The van der Waals surface area contributed by atoms with Crippen molar-refractivity contribution in [3.8, 4) is 0 Å². The smallest absolute Gasteiger partial charge is 0.297 e. The molecule has 1 saturated carbocycles. The summed E-state index contributed by atoms with van der Waals surface area (Å²) in [6.45, 7) is 1.66. The van der Waals surface area contributed by atoms with E-state index in [1.165, 1.54) is 0 Å². The fraction of sp³-hybridized carbons (Fsp3) is 0.500. The minimum Gasteiger partial charge on any atom is -0.297 e. The minimum absolute atomic E-state index is 0.110. The molecule has 1 aliphatic rings. The largest absolute Gasteiger partial charge is 0.406 e. The Hall–Kier alpha value is -0.450. The molecule has 1 nitrogen and oxygen atoms in total. The molecule has 1 unspecified atom stereocenters. The molecule has 2 rings (SSSR count). The van der Waals surface area contributed by atoms with Crippen LogP contribution in [0.4, 0.5) is 13.2 Å². The van der Waals surface area contributed by atoms with Crippen molar-refractivity contribution in [2.45, 2.75) is 37.5 Å². The Morgan fingerprint density at radius 2 is 1.89 bits per heavy atom. The zero-order valence-corrected chi connectivity index (χ0v) is 11.1. The molecule has 18 heavy (non-hydrogen) atoms. The summed E-state index contributed by atoms with van der Waals surface area (Å²) < 4.78 is 38.5. The monoisotopic (exact) mass is 297 g/mol. The summed E-state index contributed by atoms with van der Waals surface area (Å²) in [5, 5.41) is 3.27. The van der Waals surface area contributed by atoms with Gasteiger partial charge in [0.25, 0.3) is 0 Å². The van der Waals surface area contributed by atoms with Gasteiger partial charge in [0.1, 0.15) is 5.54 Å². The Labute approximate surface area is 113 Å². The molecule has 0 spiro atoms. The fourth-order valence-electron chi connectivity index (χ4n) is 1.98. The zero-order chi connectivity index (χ0) is 13.6. The van der Waals surface area contributed by atoms with E-state index in [0.29, 0.717) is 15.6 Å². The molecule has 0 amide bonds. The van der Waals surface area contributed by atoms with E-state index in [-0.39, 0.29) is 12.8 Å². The summed E-state index contributed by atoms with van der Waals surface area (Å²) in [7, 11) is 0. The average molecular weight is 298 g/mol. The summed E-state index contributed by atoms with van der Waals surface area (Å²) in [5.41, 5.74) is -1.17. The Morgan fingerprint density at radius 3 is 2.39 bits per heavy atom. The number of hydrogen-bond acceptors (Lipinski definition) is 1. The summed E-state index contributed by atoms with van der Waals surface area (Å²) in [6, 6.07) is 4.46. The second kappa shape index (κ2) is 4.58. The SMILES string of the molecule is CC(NC1(C(F)(F)F)CC1)c1cccc(Cl)c1Cl. The van der Waals surface area contributed by atoms with Gasteiger partial charge >= 0.3 is 6.18 Å². The van der Waals surface area contributed by atoms with Crippen LogP contribution in [0.1, 0.15) is 31.4 Å². The lowest BCUT2D eigenvalue weighted by atomic mass is 10.1. The molecule has 100 valence electrons. The first kappa shape index (κ1) is 14.0. The van der Waals surface area contributed by atoms with Crippen molar-refractivity contribution in [1.82, 2.24) is 5.32 Å². The normalized spacial score (nSPS) is 19.7. The van der Waals surface area contributed by atoms with E-state index in [0.717, 1.165) is 0 Å². The summed E-state index contributed by atoms with van der Waals surface area (Å²) in [5.74, 6) is 0. The fourth-order valence-corrected chi connectivity index (χ4v) is 2.45. The second-order valence-corrected chi connectivity index (χ2v) is 5.37. The predicted octanol–water partition coefficient (Wildman–Crippen LogP) is 4.74. The van der Waals surface area contributed by atoms with Gasteiger partial charge in [-0.3, -0.25) is 5.32 Å². The maximum absolute atomic E-state index is 12.8.